The van der Waals surface area contributed by atoms with Crippen molar-refractivity contribution in [3.8, 4) is 0 Å². The highest BCUT2D eigenvalue weighted by molar-refractivity contribution is 5.80. The second-order valence-corrected chi connectivity index (χ2v) is 2.16. The molecule has 64 valence electrons. The molecule has 0 aromatic carbocycles. The zero-order valence-corrected chi connectivity index (χ0v) is 7.76. The minimum Gasteiger partial charge on any atom is -0.393 e. The van der Waals surface area contributed by atoms with E-state index in [0.29, 0.717) is 0 Å². The van der Waals surface area contributed by atoms with Crippen LogP contribution in [0.25, 0.3) is 0 Å². The zero-order chi connectivity index (χ0) is 8.69. The first-order valence-corrected chi connectivity index (χ1v) is 3.80. The van der Waals surface area contributed by atoms with Gasteiger partial charge in [0.05, 0.1) is 5.84 Å². The Morgan fingerprint density at radius 2 is 2.27 bits per heavy atom. The van der Waals surface area contributed by atoms with Crippen molar-refractivity contribution >= 4 is 5.84 Å². The molecule has 0 atom stereocenters. The Kier molecular flexibility index (Phi) is 5.25. The third kappa shape index (κ3) is 3.65. The molecule has 0 aliphatic carbocycles. The molecule has 0 amide bonds. The molecule has 0 spiro atoms. The van der Waals surface area contributed by atoms with Crippen molar-refractivity contribution in [3.63, 3.8) is 0 Å². The lowest BCUT2D eigenvalue weighted by Gasteiger charge is -2.16. The van der Waals surface area contributed by atoms with Crippen LogP contribution in [0.15, 0.2) is 17.4 Å². The minimum absolute atomic E-state index is 0.946. The lowest BCUT2D eigenvalue weighted by Crippen LogP contribution is -2.23. The number of nitrogens with zero attached hydrogens (tertiary/aromatic N) is 2. The topological polar surface area (TPSA) is 27.6 Å². The average Bonchev–Trinajstić information content (AvgIpc) is 2.05. The lowest BCUT2D eigenvalue weighted by atomic mass is 10.5. The highest BCUT2D eigenvalue weighted by Crippen LogP contribution is 1.91. The van der Waals surface area contributed by atoms with Gasteiger partial charge in [-0.1, -0.05) is 0 Å². The van der Waals surface area contributed by atoms with Crippen LogP contribution in [0.1, 0.15) is 13.8 Å². The number of hydrogen-bond donors (Lipinski definition) is 1. The van der Waals surface area contributed by atoms with E-state index in [1.807, 2.05) is 26.4 Å². The van der Waals surface area contributed by atoms with Crippen molar-refractivity contribution in [3.05, 3.63) is 12.4 Å². The fourth-order valence-corrected chi connectivity index (χ4v) is 0.735. The van der Waals surface area contributed by atoms with Crippen molar-refractivity contribution in [1.29, 1.82) is 0 Å². The van der Waals surface area contributed by atoms with Crippen molar-refractivity contribution in [2.75, 3.05) is 20.6 Å². The number of nitrogens with one attached hydrogen (secondary N) is 1. The maximum absolute atomic E-state index is 4.08. The Bertz CT molecular complexity index is 149. The van der Waals surface area contributed by atoms with E-state index in [9.17, 15) is 0 Å². The Morgan fingerprint density at radius 3 is 2.64 bits per heavy atom. The molecular formula is C8H17N3. The SMILES string of the molecule is CCN(/C=C\NC)C(C)=NC. The first-order chi connectivity index (χ1) is 5.26. The van der Waals surface area contributed by atoms with Gasteiger partial charge in [-0.25, -0.2) is 0 Å². The summed E-state index contributed by atoms with van der Waals surface area (Å²) in [5.74, 6) is 1.03. The van der Waals surface area contributed by atoms with Crippen molar-refractivity contribution in [1.82, 2.24) is 10.2 Å². The van der Waals surface area contributed by atoms with Crippen molar-refractivity contribution < 1.29 is 0 Å². The molecule has 0 saturated heterocycles. The number of amidine groups is 1. The first kappa shape index (κ1) is 10.0. The molecule has 1 N–H and O–H groups in total. The predicted molar refractivity (Wildman–Crippen MR) is 49.6 cm³/mol. The highest BCUT2D eigenvalue weighted by Gasteiger charge is 1.96. The van der Waals surface area contributed by atoms with Crippen LogP contribution in [0.5, 0.6) is 0 Å². The maximum Gasteiger partial charge on any atom is 0.0994 e. The largest absolute Gasteiger partial charge is 0.393 e. The Morgan fingerprint density at radius 1 is 1.64 bits per heavy atom. The van der Waals surface area contributed by atoms with E-state index < -0.39 is 0 Å². The molecule has 11 heavy (non-hydrogen) atoms. The summed E-state index contributed by atoms with van der Waals surface area (Å²) in [5, 5.41) is 2.93. The number of rotatable bonds is 3. The van der Waals surface area contributed by atoms with Gasteiger partial charge in [0.1, 0.15) is 0 Å². The summed E-state index contributed by atoms with van der Waals surface area (Å²) in [7, 11) is 3.67. The summed E-state index contributed by atoms with van der Waals surface area (Å²) < 4.78 is 0. The van der Waals surface area contributed by atoms with Gasteiger partial charge in [-0.05, 0) is 13.8 Å². The summed E-state index contributed by atoms with van der Waals surface area (Å²) in [6, 6.07) is 0. The Labute approximate surface area is 68.8 Å². The molecule has 0 unspecified atom stereocenters. The van der Waals surface area contributed by atoms with Gasteiger partial charge in [-0.2, -0.15) is 0 Å². The van der Waals surface area contributed by atoms with E-state index in [0.717, 1.165) is 12.4 Å². The molecule has 0 aliphatic rings. The number of hydrogen-bond acceptors (Lipinski definition) is 2. The van der Waals surface area contributed by atoms with E-state index in [2.05, 4.69) is 22.1 Å². The van der Waals surface area contributed by atoms with Gasteiger partial charge >= 0.3 is 0 Å². The summed E-state index contributed by atoms with van der Waals surface area (Å²) >= 11 is 0. The van der Waals surface area contributed by atoms with Gasteiger partial charge in [0, 0.05) is 33.0 Å². The van der Waals surface area contributed by atoms with E-state index in [4.69, 9.17) is 0 Å². The summed E-state index contributed by atoms with van der Waals surface area (Å²) in [6.45, 7) is 5.03. The van der Waals surface area contributed by atoms with Crippen LogP contribution < -0.4 is 5.32 Å². The molecule has 3 heteroatoms. The third-order valence-corrected chi connectivity index (χ3v) is 1.50. The second-order valence-electron chi connectivity index (χ2n) is 2.16. The number of aliphatic imine (C=N–C) groups is 1. The predicted octanol–water partition coefficient (Wildman–Crippen LogP) is 1.05. The van der Waals surface area contributed by atoms with Crippen LogP contribution in [0, 0.1) is 0 Å². The van der Waals surface area contributed by atoms with Gasteiger partial charge in [0.2, 0.25) is 0 Å². The highest BCUT2D eigenvalue weighted by atomic mass is 15.2. The standard InChI is InChI=1S/C8H17N3/c1-5-11(7-6-9-3)8(2)10-4/h6-7,9H,5H2,1-4H3/b7-6-,10-8?. The molecule has 0 aromatic rings. The molecule has 0 bridgehead atoms. The van der Waals surface area contributed by atoms with Gasteiger partial charge < -0.3 is 10.2 Å². The van der Waals surface area contributed by atoms with Crippen molar-refractivity contribution in [2.24, 2.45) is 4.99 Å². The molecule has 0 rings (SSSR count). The Hall–Kier alpha value is -0.990. The molecule has 0 heterocycles. The summed E-state index contributed by atoms with van der Waals surface area (Å²) in [6.07, 6.45) is 3.86. The van der Waals surface area contributed by atoms with Gasteiger partial charge in [0.15, 0.2) is 0 Å². The van der Waals surface area contributed by atoms with Gasteiger partial charge in [-0.3, -0.25) is 4.99 Å². The monoisotopic (exact) mass is 155 g/mol. The third-order valence-electron chi connectivity index (χ3n) is 1.50. The van der Waals surface area contributed by atoms with Crippen LogP contribution in [0.4, 0.5) is 0 Å². The molecule has 0 fully saturated rings. The molecule has 0 saturated carbocycles. The van der Waals surface area contributed by atoms with E-state index in [1.54, 1.807) is 7.05 Å². The normalized spacial score (nSPS) is 12.2. The molecule has 0 aromatic heterocycles. The summed E-state index contributed by atoms with van der Waals surface area (Å²) in [5.41, 5.74) is 0. The van der Waals surface area contributed by atoms with Crippen LogP contribution in [-0.2, 0) is 0 Å². The molecule has 0 aliphatic heterocycles. The van der Waals surface area contributed by atoms with Crippen LogP contribution in [0.2, 0.25) is 0 Å². The lowest BCUT2D eigenvalue weighted by molar-refractivity contribution is 0.581. The van der Waals surface area contributed by atoms with E-state index in [-0.39, 0.29) is 0 Å². The second kappa shape index (κ2) is 5.77. The fourth-order valence-electron chi connectivity index (χ4n) is 0.735. The zero-order valence-electron chi connectivity index (χ0n) is 7.76. The molecule has 3 nitrogen and oxygen atoms in total. The van der Waals surface area contributed by atoms with Gasteiger partial charge in [0.25, 0.3) is 0 Å². The molecule has 0 radical (unpaired) electrons. The molecular weight excluding hydrogens is 138 g/mol. The van der Waals surface area contributed by atoms with Crippen LogP contribution in [0.3, 0.4) is 0 Å². The van der Waals surface area contributed by atoms with Gasteiger partial charge in [-0.15, -0.1) is 0 Å². The summed E-state index contributed by atoms with van der Waals surface area (Å²) in [4.78, 5) is 6.14. The minimum atomic E-state index is 0.946. The van der Waals surface area contributed by atoms with Crippen molar-refractivity contribution in [2.45, 2.75) is 13.8 Å². The average molecular weight is 155 g/mol. The van der Waals surface area contributed by atoms with Crippen LogP contribution in [-0.4, -0.2) is 31.4 Å². The van der Waals surface area contributed by atoms with E-state index in [1.165, 1.54) is 0 Å². The smallest absolute Gasteiger partial charge is 0.0994 e. The Balaban J connectivity index is 4.06. The van der Waals surface area contributed by atoms with E-state index >= 15 is 0 Å². The first-order valence-electron chi connectivity index (χ1n) is 3.80. The quantitative estimate of drug-likeness (QED) is 0.487. The fraction of sp³-hybridized carbons (Fsp3) is 0.625. The maximum atomic E-state index is 4.08. The van der Waals surface area contributed by atoms with Crippen LogP contribution >= 0.6 is 0 Å².